The zero-order valence-corrected chi connectivity index (χ0v) is 13.9. The molecular weight excluding hydrogens is 369 g/mol. The van der Waals surface area contributed by atoms with Gasteiger partial charge in [0.2, 0.25) is 11.9 Å². The molecule has 0 bridgehead atoms. The van der Waals surface area contributed by atoms with Crippen molar-refractivity contribution >= 4 is 46.0 Å². The number of aromatic nitrogens is 2. The van der Waals surface area contributed by atoms with Gasteiger partial charge in [0.05, 0.1) is 5.69 Å². The highest BCUT2D eigenvalue weighted by Crippen LogP contribution is 2.34. The average molecular weight is 387 g/mol. The lowest BCUT2D eigenvalue weighted by atomic mass is 9.93. The minimum absolute atomic E-state index is 0.0147. The number of likely N-dealkylation sites (N-methyl/N-ethyl adjacent to an activating group) is 1. The van der Waals surface area contributed by atoms with Crippen LogP contribution in [0.4, 0.5) is 17.5 Å². The molecular formula is C13H18IN5O. The highest BCUT2D eigenvalue weighted by molar-refractivity contribution is 14.1. The van der Waals surface area contributed by atoms with Crippen molar-refractivity contribution in [2.24, 2.45) is 0 Å². The van der Waals surface area contributed by atoms with Crippen LogP contribution in [0.25, 0.3) is 0 Å². The maximum atomic E-state index is 11.8. The van der Waals surface area contributed by atoms with Gasteiger partial charge >= 0.3 is 0 Å². The summed E-state index contributed by atoms with van der Waals surface area (Å²) in [6.07, 6.45) is 2.31. The van der Waals surface area contributed by atoms with E-state index in [4.69, 9.17) is 0 Å². The van der Waals surface area contributed by atoms with E-state index in [9.17, 15) is 4.79 Å². The van der Waals surface area contributed by atoms with E-state index in [-0.39, 0.29) is 11.9 Å². The predicted molar refractivity (Wildman–Crippen MR) is 87.7 cm³/mol. The van der Waals surface area contributed by atoms with Gasteiger partial charge < -0.3 is 15.5 Å². The number of anilines is 3. The number of alkyl halides is 1. The Labute approximate surface area is 131 Å². The highest BCUT2D eigenvalue weighted by atomic mass is 127. The Bertz CT molecular complexity index is 558. The van der Waals surface area contributed by atoms with Crippen LogP contribution in [0.15, 0.2) is 0 Å². The fraction of sp³-hybridized carbons (Fsp3) is 0.615. The van der Waals surface area contributed by atoms with E-state index >= 15 is 0 Å². The molecule has 1 atom stereocenters. The van der Waals surface area contributed by atoms with Gasteiger partial charge in [0.15, 0.2) is 5.82 Å². The summed E-state index contributed by atoms with van der Waals surface area (Å²) in [6.45, 7) is 3.77. The van der Waals surface area contributed by atoms with Crippen LogP contribution in [0.2, 0.25) is 0 Å². The summed E-state index contributed by atoms with van der Waals surface area (Å²) < 4.78 is 0.755. The van der Waals surface area contributed by atoms with Gasteiger partial charge in [0, 0.05) is 17.0 Å². The number of fused-ring (bicyclic) bond motifs is 1. The van der Waals surface area contributed by atoms with Gasteiger partial charge in [-0.15, -0.1) is 0 Å². The average Bonchev–Trinajstić information content (AvgIpc) is 2.36. The minimum Gasteiger partial charge on any atom is -0.351 e. The van der Waals surface area contributed by atoms with Crippen molar-refractivity contribution in [2.75, 3.05) is 22.6 Å². The topological polar surface area (TPSA) is 70.1 Å². The van der Waals surface area contributed by atoms with Gasteiger partial charge in [0.1, 0.15) is 11.7 Å². The maximum Gasteiger partial charge on any atom is 0.246 e. The number of hydrogen-bond donors (Lipinski definition) is 2. The summed E-state index contributed by atoms with van der Waals surface area (Å²) in [4.78, 5) is 22.8. The third-order valence-corrected chi connectivity index (χ3v) is 5.04. The lowest BCUT2D eigenvalue weighted by molar-refractivity contribution is -0.117. The second kappa shape index (κ2) is 5.01. The van der Waals surface area contributed by atoms with Crippen molar-refractivity contribution in [3.05, 3.63) is 5.69 Å². The molecule has 6 nitrogen and oxygen atoms in total. The van der Waals surface area contributed by atoms with Crippen molar-refractivity contribution in [2.45, 2.75) is 42.7 Å². The standard InChI is InChI=1S/C13H18IN5O/c1-6-10-11(19(3)7(2)12(20)17-10)18-13(15-6)16-9-4-8(14)5-9/h7-9H,4-5H2,1-3H3,(H,17,20)(H,15,16,18)/t7-,8?,9?/m0/s1. The summed E-state index contributed by atoms with van der Waals surface area (Å²) in [5.74, 6) is 1.43. The van der Waals surface area contributed by atoms with Gasteiger partial charge in [0.25, 0.3) is 0 Å². The molecule has 1 aliphatic heterocycles. The summed E-state index contributed by atoms with van der Waals surface area (Å²) in [6, 6.07) is 0.252. The van der Waals surface area contributed by atoms with Gasteiger partial charge in [-0.05, 0) is 26.7 Å². The molecule has 0 aromatic carbocycles. The first-order valence-corrected chi connectivity index (χ1v) is 8.03. The second-order valence-corrected chi connectivity index (χ2v) is 7.28. The lowest BCUT2D eigenvalue weighted by Crippen LogP contribution is -2.45. The monoisotopic (exact) mass is 387 g/mol. The number of amides is 1. The number of hydrogen-bond acceptors (Lipinski definition) is 5. The van der Waals surface area contributed by atoms with E-state index < -0.39 is 0 Å². The molecule has 0 unspecified atom stereocenters. The van der Waals surface area contributed by atoms with Crippen molar-refractivity contribution in [1.82, 2.24) is 9.97 Å². The molecule has 7 heteroatoms. The van der Waals surface area contributed by atoms with E-state index in [2.05, 4.69) is 43.2 Å². The van der Waals surface area contributed by atoms with Gasteiger partial charge in [-0.2, -0.15) is 4.98 Å². The number of rotatable bonds is 2. The fourth-order valence-corrected chi connectivity index (χ4v) is 3.69. The van der Waals surface area contributed by atoms with Crippen LogP contribution in [0.5, 0.6) is 0 Å². The first kappa shape index (κ1) is 13.8. The number of nitrogens with one attached hydrogen (secondary N) is 2. The second-order valence-electron chi connectivity index (χ2n) is 5.52. The van der Waals surface area contributed by atoms with Crippen LogP contribution < -0.4 is 15.5 Å². The molecule has 1 aromatic rings. The van der Waals surface area contributed by atoms with E-state index in [1.165, 1.54) is 0 Å². The Morgan fingerprint density at radius 2 is 2.10 bits per heavy atom. The Morgan fingerprint density at radius 3 is 2.75 bits per heavy atom. The summed E-state index contributed by atoms with van der Waals surface area (Å²) >= 11 is 2.46. The Balaban J connectivity index is 1.89. The zero-order valence-electron chi connectivity index (χ0n) is 11.8. The third-order valence-electron chi connectivity index (χ3n) is 4.03. The normalized spacial score (nSPS) is 28.5. The van der Waals surface area contributed by atoms with E-state index in [0.29, 0.717) is 12.0 Å². The molecule has 2 heterocycles. The molecule has 1 aromatic heterocycles. The number of carbonyl (C=O) groups is 1. The van der Waals surface area contributed by atoms with E-state index in [1.807, 2.05) is 25.8 Å². The van der Waals surface area contributed by atoms with Crippen molar-refractivity contribution in [3.8, 4) is 0 Å². The number of aryl methyl sites for hydroxylation is 1. The molecule has 1 saturated carbocycles. The first-order valence-electron chi connectivity index (χ1n) is 6.78. The molecule has 3 rings (SSSR count). The van der Waals surface area contributed by atoms with Gasteiger partial charge in [-0.3, -0.25) is 4.79 Å². The van der Waals surface area contributed by atoms with Crippen LogP contribution in [0, 0.1) is 6.92 Å². The Morgan fingerprint density at radius 1 is 1.40 bits per heavy atom. The van der Waals surface area contributed by atoms with Crippen LogP contribution in [0.1, 0.15) is 25.5 Å². The lowest BCUT2D eigenvalue weighted by Gasteiger charge is -2.34. The predicted octanol–water partition coefficient (Wildman–Crippen LogP) is 1.94. The van der Waals surface area contributed by atoms with Crippen LogP contribution in [-0.4, -0.2) is 38.9 Å². The Kier molecular flexibility index (Phi) is 3.47. The SMILES string of the molecule is Cc1nc(NC2CC(I)C2)nc2c1NC(=O)[C@H](C)N2C. The van der Waals surface area contributed by atoms with Gasteiger partial charge in [-0.1, -0.05) is 22.6 Å². The molecule has 2 aliphatic rings. The Hall–Kier alpha value is -1.12. The number of halogens is 1. The summed E-state index contributed by atoms with van der Waals surface area (Å²) in [5.41, 5.74) is 1.52. The molecule has 1 amide bonds. The van der Waals surface area contributed by atoms with Crippen molar-refractivity contribution in [1.29, 1.82) is 0 Å². The summed E-state index contributed by atoms with van der Waals surface area (Å²) in [5, 5.41) is 6.27. The van der Waals surface area contributed by atoms with E-state index in [1.54, 1.807) is 0 Å². The minimum atomic E-state index is -0.216. The first-order chi connectivity index (χ1) is 9.45. The molecule has 0 spiro atoms. The van der Waals surface area contributed by atoms with Crippen LogP contribution in [0.3, 0.4) is 0 Å². The van der Waals surface area contributed by atoms with Crippen LogP contribution >= 0.6 is 22.6 Å². The van der Waals surface area contributed by atoms with Gasteiger partial charge in [-0.25, -0.2) is 4.98 Å². The molecule has 20 heavy (non-hydrogen) atoms. The quantitative estimate of drug-likeness (QED) is 0.600. The molecule has 0 saturated heterocycles. The molecule has 1 aliphatic carbocycles. The fourth-order valence-electron chi connectivity index (χ4n) is 2.46. The molecule has 0 radical (unpaired) electrons. The number of carbonyl (C=O) groups excluding carboxylic acids is 1. The van der Waals surface area contributed by atoms with E-state index in [0.717, 1.165) is 34.0 Å². The van der Waals surface area contributed by atoms with Crippen LogP contribution in [-0.2, 0) is 4.79 Å². The molecule has 1 fully saturated rings. The summed E-state index contributed by atoms with van der Waals surface area (Å²) in [7, 11) is 1.89. The van der Waals surface area contributed by atoms with Crippen molar-refractivity contribution < 1.29 is 4.79 Å². The largest absolute Gasteiger partial charge is 0.351 e. The van der Waals surface area contributed by atoms with Crippen molar-refractivity contribution in [3.63, 3.8) is 0 Å². The third kappa shape index (κ3) is 2.32. The molecule has 108 valence electrons. The highest BCUT2D eigenvalue weighted by Gasteiger charge is 2.31. The molecule has 2 N–H and O–H groups in total. The zero-order chi connectivity index (χ0) is 14.4. The number of nitrogens with zero attached hydrogens (tertiary/aromatic N) is 3. The maximum absolute atomic E-state index is 11.8. The smallest absolute Gasteiger partial charge is 0.246 e.